The van der Waals surface area contributed by atoms with Gasteiger partial charge in [-0.1, -0.05) is 17.7 Å². The Morgan fingerprint density at radius 1 is 1.28 bits per heavy atom. The first kappa shape index (κ1) is 13.1. The van der Waals surface area contributed by atoms with E-state index < -0.39 is 0 Å². The van der Waals surface area contributed by atoms with Crippen molar-refractivity contribution in [3.63, 3.8) is 0 Å². The Morgan fingerprint density at radius 2 is 2.11 bits per heavy atom. The van der Waals surface area contributed by atoms with Crippen molar-refractivity contribution in [2.24, 2.45) is 0 Å². The van der Waals surface area contributed by atoms with Gasteiger partial charge in [0, 0.05) is 40.2 Å². The van der Waals surface area contributed by atoms with E-state index in [4.69, 9.17) is 17.3 Å². The zero-order valence-electron chi connectivity index (χ0n) is 9.67. The number of halogens is 1. The van der Waals surface area contributed by atoms with Crippen molar-refractivity contribution < 1.29 is 0 Å². The van der Waals surface area contributed by atoms with Crippen LogP contribution in [0.2, 0.25) is 5.02 Å². The Balaban J connectivity index is 1.97. The van der Waals surface area contributed by atoms with Crippen LogP contribution >= 0.6 is 23.4 Å². The molecule has 0 aliphatic rings. The van der Waals surface area contributed by atoms with Gasteiger partial charge in [-0.25, -0.2) is 0 Å². The molecule has 0 fully saturated rings. The van der Waals surface area contributed by atoms with Crippen molar-refractivity contribution in [1.29, 1.82) is 0 Å². The predicted octanol–water partition coefficient (Wildman–Crippen LogP) is 2.88. The minimum Gasteiger partial charge on any atom is -0.398 e. The third kappa shape index (κ3) is 3.31. The molecular weight excluding hydrogens is 268 g/mol. The molecule has 0 amide bonds. The van der Waals surface area contributed by atoms with Crippen molar-refractivity contribution in [2.75, 3.05) is 11.5 Å². The van der Waals surface area contributed by atoms with E-state index in [0.29, 0.717) is 17.3 Å². The van der Waals surface area contributed by atoms with Crippen LogP contribution in [0.3, 0.4) is 0 Å². The molecule has 18 heavy (non-hydrogen) atoms. The molecule has 1 aromatic carbocycles. The van der Waals surface area contributed by atoms with Gasteiger partial charge in [0.05, 0.1) is 0 Å². The van der Waals surface area contributed by atoms with Crippen molar-refractivity contribution >= 4 is 29.1 Å². The van der Waals surface area contributed by atoms with E-state index in [9.17, 15) is 4.79 Å². The number of nitrogen functional groups attached to an aromatic ring is 1. The first-order chi connectivity index (χ1) is 8.66. The summed E-state index contributed by atoms with van der Waals surface area (Å²) in [6.07, 6.45) is 1.79. The van der Waals surface area contributed by atoms with Crippen LogP contribution in [0.15, 0.2) is 52.3 Å². The van der Waals surface area contributed by atoms with Crippen molar-refractivity contribution in [2.45, 2.75) is 11.4 Å². The normalized spacial score (nSPS) is 10.5. The van der Waals surface area contributed by atoms with Crippen LogP contribution in [0.1, 0.15) is 0 Å². The molecule has 2 aromatic rings. The van der Waals surface area contributed by atoms with Gasteiger partial charge >= 0.3 is 0 Å². The molecule has 0 aliphatic heterocycles. The van der Waals surface area contributed by atoms with Crippen LogP contribution in [0.4, 0.5) is 5.69 Å². The topological polar surface area (TPSA) is 48.0 Å². The Bertz CT molecular complexity index is 598. The largest absolute Gasteiger partial charge is 0.398 e. The number of thioether (sulfide) groups is 1. The summed E-state index contributed by atoms with van der Waals surface area (Å²) in [6.45, 7) is 0.659. The molecule has 0 unspecified atom stereocenters. The van der Waals surface area contributed by atoms with Gasteiger partial charge in [0.15, 0.2) is 0 Å². The van der Waals surface area contributed by atoms with E-state index in [-0.39, 0.29) is 5.56 Å². The van der Waals surface area contributed by atoms with Crippen molar-refractivity contribution in [1.82, 2.24) is 4.57 Å². The van der Waals surface area contributed by atoms with Gasteiger partial charge in [-0.2, -0.15) is 0 Å². The maximum absolute atomic E-state index is 11.5. The fourth-order valence-corrected chi connectivity index (χ4v) is 2.63. The average molecular weight is 281 g/mol. The van der Waals surface area contributed by atoms with Crippen LogP contribution in [-0.4, -0.2) is 10.3 Å². The average Bonchev–Trinajstić information content (AvgIpc) is 2.34. The highest BCUT2D eigenvalue weighted by molar-refractivity contribution is 7.99. The zero-order valence-corrected chi connectivity index (χ0v) is 11.2. The van der Waals surface area contributed by atoms with E-state index in [1.54, 1.807) is 40.7 Å². The fraction of sp³-hybridized carbons (Fsp3) is 0.154. The lowest BCUT2D eigenvalue weighted by molar-refractivity contribution is 0.735. The Labute approximate surface area is 115 Å². The maximum Gasteiger partial charge on any atom is 0.250 e. The molecule has 1 aromatic heterocycles. The molecule has 2 rings (SSSR count). The quantitative estimate of drug-likeness (QED) is 0.692. The van der Waals surface area contributed by atoms with Gasteiger partial charge in [-0.15, -0.1) is 11.8 Å². The zero-order chi connectivity index (χ0) is 13.0. The number of pyridine rings is 1. The molecule has 0 bridgehead atoms. The number of aryl methyl sites for hydroxylation is 1. The first-order valence-corrected chi connectivity index (χ1v) is 6.86. The second kappa shape index (κ2) is 5.98. The summed E-state index contributed by atoms with van der Waals surface area (Å²) in [5.74, 6) is 0.787. The van der Waals surface area contributed by atoms with Crippen molar-refractivity contribution in [3.8, 4) is 0 Å². The lowest BCUT2D eigenvalue weighted by Gasteiger charge is -2.07. The Morgan fingerprint density at radius 3 is 2.83 bits per heavy atom. The highest BCUT2D eigenvalue weighted by Crippen LogP contribution is 2.27. The number of rotatable bonds is 4. The van der Waals surface area contributed by atoms with Gasteiger partial charge < -0.3 is 10.3 Å². The summed E-state index contributed by atoms with van der Waals surface area (Å²) in [5, 5.41) is 0.635. The van der Waals surface area contributed by atoms with Crippen molar-refractivity contribution in [3.05, 3.63) is 58.0 Å². The monoisotopic (exact) mass is 280 g/mol. The molecule has 0 atom stereocenters. The van der Waals surface area contributed by atoms with Gasteiger partial charge in [0.2, 0.25) is 0 Å². The third-order valence-electron chi connectivity index (χ3n) is 2.46. The van der Waals surface area contributed by atoms with Gasteiger partial charge in [0.25, 0.3) is 5.56 Å². The molecule has 0 saturated carbocycles. The number of aromatic nitrogens is 1. The standard InChI is InChI=1S/C13H13ClN2OS/c14-10-4-5-12(11(15)9-10)18-8-7-16-6-2-1-3-13(16)17/h1-6,9H,7-8,15H2. The smallest absolute Gasteiger partial charge is 0.250 e. The van der Waals surface area contributed by atoms with E-state index in [1.807, 2.05) is 18.2 Å². The first-order valence-electron chi connectivity index (χ1n) is 5.50. The number of anilines is 1. The highest BCUT2D eigenvalue weighted by Gasteiger charge is 2.01. The number of nitrogens with two attached hydrogens (primary N) is 1. The predicted molar refractivity (Wildman–Crippen MR) is 77.3 cm³/mol. The number of hydrogen-bond donors (Lipinski definition) is 1. The molecule has 3 nitrogen and oxygen atoms in total. The van der Waals surface area contributed by atoms with E-state index in [2.05, 4.69) is 0 Å². The molecule has 0 radical (unpaired) electrons. The molecule has 2 N–H and O–H groups in total. The summed E-state index contributed by atoms with van der Waals surface area (Å²) >= 11 is 7.45. The van der Waals surface area contributed by atoms with Gasteiger partial charge in [-0.05, 0) is 24.3 Å². The molecule has 94 valence electrons. The SMILES string of the molecule is Nc1cc(Cl)ccc1SCCn1ccccc1=O. The Hall–Kier alpha value is -1.39. The van der Waals surface area contributed by atoms with E-state index >= 15 is 0 Å². The molecular formula is C13H13ClN2OS. The van der Waals surface area contributed by atoms with Gasteiger partial charge in [0.1, 0.15) is 0 Å². The summed E-state index contributed by atoms with van der Waals surface area (Å²) in [6, 6.07) is 10.6. The van der Waals surface area contributed by atoms with Crippen LogP contribution < -0.4 is 11.3 Å². The van der Waals surface area contributed by atoms with Crippen LogP contribution in [0.25, 0.3) is 0 Å². The molecule has 0 spiro atoms. The fourth-order valence-electron chi connectivity index (χ4n) is 1.55. The molecule has 1 heterocycles. The van der Waals surface area contributed by atoms with Crippen LogP contribution in [0, 0.1) is 0 Å². The lowest BCUT2D eigenvalue weighted by atomic mass is 10.3. The summed E-state index contributed by atoms with van der Waals surface area (Å²) in [5.41, 5.74) is 6.55. The van der Waals surface area contributed by atoms with Crippen LogP contribution in [-0.2, 0) is 6.54 Å². The molecule has 5 heteroatoms. The number of benzene rings is 1. The van der Waals surface area contributed by atoms with E-state index in [0.717, 1.165) is 10.6 Å². The molecule has 0 aliphatic carbocycles. The second-order valence-electron chi connectivity index (χ2n) is 3.76. The maximum atomic E-state index is 11.5. The third-order valence-corrected chi connectivity index (χ3v) is 3.77. The highest BCUT2D eigenvalue weighted by atomic mass is 35.5. The van der Waals surface area contributed by atoms with Crippen LogP contribution in [0.5, 0.6) is 0 Å². The summed E-state index contributed by atoms with van der Waals surface area (Å²) in [7, 11) is 0. The number of hydrogen-bond acceptors (Lipinski definition) is 3. The number of nitrogens with zero attached hydrogens (tertiary/aromatic N) is 1. The minimum atomic E-state index is 0.0159. The lowest BCUT2D eigenvalue weighted by Crippen LogP contribution is -2.18. The summed E-state index contributed by atoms with van der Waals surface area (Å²) < 4.78 is 1.68. The Kier molecular flexibility index (Phi) is 4.33. The minimum absolute atomic E-state index is 0.0159. The summed E-state index contributed by atoms with van der Waals surface area (Å²) in [4.78, 5) is 12.5. The second-order valence-corrected chi connectivity index (χ2v) is 5.34. The van der Waals surface area contributed by atoms with E-state index in [1.165, 1.54) is 0 Å². The molecule has 0 saturated heterocycles. The van der Waals surface area contributed by atoms with Gasteiger partial charge in [-0.3, -0.25) is 4.79 Å².